The van der Waals surface area contributed by atoms with Gasteiger partial charge in [-0.1, -0.05) is 24.3 Å². The van der Waals surface area contributed by atoms with Crippen molar-refractivity contribution in [3.05, 3.63) is 35.4 Å². The molecule has 1 aromatic rings. The van der Waals surface area contributed by atoms with E-state index in [2.05, 4.69) is 51.3 Å². The number of aliphatic imine (C=N–C) groups is 1. The van der Waals surface area contributed by atoms with Gasteiger partial charge >= 0.3 is 0 Å². The van der Waals surface area contributed by atoms with Crippen molar-refractivity contribution in [2.75, 3.05) is 53.0 Å². The number of hydrogen-bond acceptors (Lipinski definition) is 5. The molecule has 3 saturated heterocycles. The lowest BCUT2D eigenvalue weighted by Gasteiger charge is -2.37. The van der Waals surface area contributed by atoms with Crippen molar-refractivity contribution in [1.29, 1.82) is 0 Å². The number of morpholine rings is 2. The van der Waals surface area contributed by atoms with Crippen molar-refractivity contribution in [2.24, 2.45) is 4.99 Å². The third-order valence-corrected chi connectivity index (χ3v) is 6.16. The molecule has 0 bridgehead atoms. The predicted molar refractivity (Wildman–Crippen MR) is 133 cm³/mol. The molecular formula is C23H37IN4O3. The molecule has 0 aliphatic carbocycles. The normalized spacial score (nSPS) is 27.7. The molecule has 3 unspecified atom stereocenters. The summed E-state index contributed by atoms with van der Waals surface area (Å²) >= 11 is 0. The first-order valence-electron chi connectivity index (χ1n) is 11.3. The van der Waals surface area contributed by atoms with Crippen LogP contribution in [-0.2, 0) is 27.3 Å². The fourth-order valence-electron chi connectivity index (χ4n) is 4.63. The van der Waals surface area contributed by atoms with Crippen molar-refractivity contribution in [1.82, 2.24) is 15.1 Å². The van der Waals surface area contributed by atoms with E-state index in [1.807, 2.05) is 7.05 Å². The molecule has 0 saturated carbocycles. The number of halogens is 1. The van der Waals surface area contributed by atoms with Crippen molar-refractivity contribution < 1.29 is 14.2 Å². The van der Waals surface area contributed by atoms with Crippen molar-refractivity contribution in [2.45, 2.75) is 51.2 Å². The van der Waals surface area contributed by atoms with Crippen LogP contribution in [-0.4, -0.2) is 87.1 Å². The highest BCUT2D eigenvalue weighted by Crippen LogP contribution is 2.21. The molecule has 3 aliphatic heterocycles. The van der Waals surface area contributed by atoms with E-state index in [-0.39, 0.29) is 36.2 Å². The molecule has 3 atom stereocenters. The lowest BCUT2D eigenvalue weighted by molar-refractivity contribution is -0.0817. The summed E-state index contributed by atoms with van der Waals surface area (Å²) in [5, 5.41) is 3.55. The number of benzene rings is 1. The van der Waals surface area contributed by atoms with Gasteiger partial charge in [0.1, 0.15) is 6.10 Å². The first kappa shape index (κ1) is 24.7. The maximum Gasteiger partial charge on any atom is 0.194 e. The Kier molecular flexibility index (Phi) is 9.83. The van der Waals surface area contributed by atoms with Gasteiger partial charge in [0.05, 0.1) is 25.4 Å². The lowest BCUT2D eigenvalue weighted by atomic mass is 10.1. The van der Waals surface area contributed by atoms with Gasteiger partial charge in [0.15, 0.2) is 5.96 Å². The molecule has 0 aromatic heterocycles. The van der Waals surface area contributed by atoms with Gasteiger partial charge in [-0.3, -0.25) is 9.89 Å². The zero-order valence-corrected chi connectivity index (χ0v) is 21.1. The molecule has 0 amide bonds. The van der Waals surface area contributed by atoms with Crippen LogP contribution < -0.4 is 5.32 Å². The highest BCUT2D eigenvalue weighted by molar-refractivity contribution is 14.0. The van der Waals surface area contributed by atoms with E-state index in [9.17, 15) is 0 Å². The molecule has 3 heterocycles. The maximum absolute atomic E-state index is 5.98. The number of nitrogens with one attached hydrogen (secondary N) is 1. The molecular weight excluding hydrogens is 507 g/mol. The molecule has 1 aromatic carbocycles. The molecule has 1 N–H and O–H groups in total. The first-order valence-corrected chi connectivity index (χ1v) is 11.3. The minimum Gasteiger partial charge on any atom is -0.376 e. The fraction of sp³-hybridized carbons (Fsp3) is 0.696. The van der Waals surface area contributed by atoms with Crippen LogP contribution in [0.25, 0.3) is 0 Å². The fourth-order valence-corrected chi connectivity index (χ4v) is 4.63. The second kappa shape index (κ2) is 12.3. The predicted octanol–water partition coefficient (Wildman–Crippen LogP) is 2.48. The van der Waals surface area contributed by atoms with E-state index < -0.39 is 0 Å². The third kappa shape index (κ3) is 7.02. The van der Waals surface area contributed by atoms with Crippen LogP contribution in [0.1, 0.15) is 30.9 Å². The van der Waals surface area contributed by atoms with Crippen molar-refractivity contribution in [3.63, 3.8) is 0 Å². The summed E-state index contributed by atoms with van der Waals surface area (Å²) < 4.78 is 17.5. The number of guanidine groups is 1. The van der Waals surface area contributed by atoms with Crippen LogP contribution in [0.15, 0.2) is 29.3 Å². The minimum absolute atomic E-state index is 0. The number of nitrogens with zero attached hydrogens (tertiary/aromatic N) is 3. The van der Waals surface area contributed by atoms with Crippen LogP contribution >= 0.6 is 24.0 Å². The summed E-state index contributed by atoms with van der Waals surface area (Å²) in [5.41, 5.74) is 2.63. The molecule has 174 valence electrons. The van der Waals surface area contributed by atoms with E-state index >= 15 is 0 Å². The average Bonchev–Trinajstić information content (AvgIpc) is 3.30. The lowest BCUT2D eigenvalue weighted by Crippen LogP contribution is -2.53. The third-order valence-electron chi connectivity index (χ3n) is 6.16. The Balaban J connectivity index is 0.00000272. The molecule has 7 nitrogen and oxygen atoms in total. The van der Waals surface area contributed by atoms with Gasteiger partial charge < -0.3 is 24.4 Å². The second-order valence-corrected chi connectivity index (χ2v) is 8.54. The zero-order valence-electron chi connectivity index (χ0n) is 18.8. The number of hydrogen-bond donors (Lipinski definition) is 1. The van der Waals surface area contributed by atoms with Crippen LogP contribution in [0.3, 0.4) is 0 Å². The Labute approximate surface area is 203 Å². The average molecular weight is 544 g/mol. The van der Waals surface area contributed by atoms with Gasteiger partial charge in [0.2, 0.25) is 0 Å². The van der Waals surface area contributed by atoms with E-state index in [0.29, 0.717) is 6.10 Å². The Morgan fingerprint density at radius 3 is 2.65 bits per heavy atom. The van der Waals surface area contributed by atoms with E-state index in [0.717, 1.165) is 77.9 Å². The van der Waals surface area contributed by atoms with Crippen LogP contribution in [0, 0.1) is 0 Å². The summed E-state index contributed by atoms with van der Waals surface area (Å²) in [4.78, 5) is 9.30. The summed E-state index contributed by atoms with van der Waals surface area (Å²) in [6.07, 6.45) is 2.92. The Hall–Kier alpha value is -0.940. The number of ether oxygens (including phenoxy) is 3. The monoisotopic (exact) mass is 544 g/mol. The highest BCUT2D eigenvalue weighted by atomic mass is 127. The van der Waals surface area contributed by atoms with Crippen LogP contribution in [0.4, 0.5) is 0 Å². The number of rotatable bonds is 5. The molecule has 0 radical (unpaired) electrons. The summed E-state index contributed by atoms with van der Waals surface area (Å²) in [6.45, 7) is 9.98. The Morgan fingerprint density at radius 2 is 1.87 bits per heavy atom. The molecule has 31 heavy (non-hydrogen) atoms. The SMILES string of the molecule is CN=C(NCc1cccc(CN2CCOC(C)C2)c1)N1CCOC(C2CCCO2)C1.I. The van der Waals surface area contributed by atoms with Gasteiger partial charge in [-0.05, 0) is 30.9 Å². The maximum atomic E-state index is 5.98. The summed E-state index contributed by atoms with van der Waals surface area (Å²) in [5.74, 6) is 0.939. The van der Waals surface area contributed by atoms with Gasteiger partial charge in [-0.2, -0.15) is 0 Å². The first-order chi connectivity index (χ1) is 14.7. The molecule has 3 aliphatic rings. The second-order valence-electron chi connectivity index (χ2n) is 8.54. The van der Waals surface area contributed by atoms with E-state index in [1.165, 1.54) is 11.1 Å². The van der Waals surface area contributed by atoms with Crippen LogP contribution in [0.5, 0.6) is 0 Å². The Bertz CT molecular complexity index is 714. The van der Waals surface area contributed by atoms with Gasteiger partial charge in [-0.15, -0.1) is 24.0 Å². The topological polar surface area (TPSA) is 58.6 Å². The summed E-state index contributed by atoms with van der Waals surface area (Å²) in [6, 6.07) is 8.85. The molecule has 4 rings (SSSR count). The van der Waals surface area contributed by atoms with Gasteiger partial charge in [-0.25, -0.2) is 0 Å². The zero-order chi connectivity index (χ0) is 20.8. The summed E-state index contributed by atoms with van der Waals surface area (Å²) in [7, 11) is 1.86. The highest BCUT2D eigenvalue weighted by Gasteiger charge is 2.32. The largest absolute Gasteiger partial charge is 0.376 e. The van der Waals surface area contributed by atoms with E-state index in [4.69, 9.17) is 14.2 Å². The van der Waals surface area contributed by atoms with Crippen LogP contribution in [0.2, 0.25) is 0 Å². The van der Waals surface area contributed by atoms with Gasteiger partial charge in [0.25, 0.3) is 0 Å². The Morgan fingerprint density at radius 1 is 1.06 bits per heavy atom. The van der Waals surface area contributed by atoms with Crippen molar-refractivity contribution >= 4 is 29.9 Å². The van der Waals surface area contributed by atoms with Crippen molar-refractivity contribution in [3.8, 4) is 0 Å². The van der Waals surface area contributed by atoms with E-state index in [1.54, 1.807) is 0 Å². The standard InChI is InChI=1S/C23H36N4O3.HI/c1-18-15-26(8-11-28-18)16-20-6-3-5-19(13-20)14-25-23(24-2)27-9-12-30-22(17-27)21-7-4-10-29-21;/h3,5-6,13,18,21-22H,4,7-12,14-17H2,1-2H3,(H,24,25);1H. The quantitative estimate of drug-likeness (QED) is 0.350. The minimum atomic E-state index is 0. The molecule has 8 heteroatoms. The molecule has 0 spiro atoms. The van der Waals surface area contributed by atoms with Gasteiger partial charge in [0, 0.05) is 52.9 Å². The molecule has 3 fully saturated rings. The smallest absolute Gasteiger partial charge is 0.194 e.